The molecule has 0 saturated heterocycles. The molecule has 1 rings (SSSR count). The second-order valence-electron chi connectivity index (χ2n) is 7.66. The molecule has 0 heterocycles. The maximum atomic E-state index is 12.4. The first-order chi connectivity index (χ1) is 9.73. The van der Waals surface area contributed by atoms with E-state index in [4.69, 9.17) is 4.74 Å². The Bertz CT molecular complexity index is 317. The average Bonchev–Trinajstić information content (AvgIpc) is 2.35. The van der Waals surface area contributed by atoms with E-state index in [-0.39, 0.29) is 30.7 Å². The molecule has 0 bridgehead atoms. The van der Waals surface area contributed by atoms with E-state index < -0.39 is 0 Å². The fraction of sp³-hybridized carbons (Fsp3) is 0.944. The maximum Gasteiger partial charge on any atom is 0.249 e. The lowest BCUT2D eigenvalue weighted by molar-refractivity contribution is -0.145. The highest BCUT2D eigenvalue weighted by Crippen LogP contribution is 2.35. The van der Waals surface area contributed by atoms with Crippen LogP contribution in [0.5, 0.6) is 0 Å². The second kappa shape index (κ2) is 8.17. The van der Waals surface area contributed by atoms with Crippen molar-refractivity contribution in [2.24, 2.45) is 17.8 Å². The van der Waals surface area contributed by atoms with Crippen LogP contribution in [0.1, 0.15) is 67.7 Å². The van der Waals surface area contributed by atoms with Crippen LogP contribution in [0.2, 0.25) is 0 Å². The van der Waals surface area contributed by atoms with Crippen molar-refractivity contribution in [2.75, 3.05) is 6.61 Å². The zero-order valence-electron chi connectivity index (χ0n) is 15.1. The molecule has 124 valence electrons. The molecule has 0 radical (unpaired) electrons. The van der Waals surface area contributed by atoms with Crippen molar-refractivity contribution in [3.05, 3.63) is 0 Å². The summed E-state index contributed by atoms with van der Waals surface area (Å²) in [5.74, 6) is 2.07. The van der Waals surface area contributed by atoms with Crippen LogP contribution < -0.4 is 0 Å². The Hall–Kier alpha value is -0.570. The predicted molar refractivity (Wildman–Crippen MR) is 88.2 cm³/mol. The van der Waals surface area contributed by atoms with Gasteiger partial charge in [0.15, 0.2) is 0 Å². The zero-order chi connectivity index (χ0) is 16.2. The van der Waals surface area contributed by atoms with Crippen LogP contribution in [-0.4, -0.2) is 35.6 Å². The summed E-state index contributed by atoms with van der Waals surface area (Å²) in [6.45, 7) is 15.3. The zero-order valence-corrected chi connectivity index (χ0v) is 15.1. The molecule has 0 aromatic heterocycles. The van der Waals surface area contributed by atoms with Gasteiger partial charge in [0.2, 0.25) is 5.91 Å². The Labute approximate surface area is 131 Å². The Kier molecular flexibility index (Phi) is 7.19. The molecule has 3 nitrogen and oxygen atoms in total. The lowest BCUT2D eigenvalue weighted by atomic mass is 9.75. The van der Waals surface area contributed by atoms with Crippen LogP contribution in [0, 0.1) is 17.8 Å². The highest BCUT2D eigenvalue weighted by atomic mass is 16.5. The van der Waals surface area contributed by atoms with Crippen LogP contribution in [-0.2, 0) is 9.53 Å². The number of carbonyl (C=O) groups excluding carboxylic acids is 1. The van der Waals surface area contributed by atoms with Gasteiger partial charge < -0.3 is 9.64 Å². The summed E-state index contributed by atoms with van der Waals surface area (Å²) in [7, 11) is 0. The Morgan fingerprint density at radius 2 is 1.67 bits per heavy atom. The van der Waals surface area contributed by atoms with Crippen molar-refractivity contribution in [1.29, 1.82) is 0 Å². The fourth-order valence-corrected chi connectivity index (χ4v) is 3.73. The van der Waals surface area contributed by atoms with Gasteiger partial charge in [-0.1, -0.05) is 27.2 Å². The smallest absolute Gasteiger partial charge is 0.249 e. The summed E-state index contributed by atoms with van der Waals surface area (Å²) < 4.78 is 6.08. The number of hydrogen-bond acceptors (Lipinski definition) is 2. The van der Waals surface area contributed by atoms with Crippen molar-refractivity contribution in [3.63, 3.8) is 0 Å². The summed E-state index contributed by atoms with van der Waals surface area (Å²) >= 11 is 0. The van der Waals surface area contributed by atoms with E-state index in [0.717, 1.165) is 6.42 Å². The van der Waals surface area contributed by atoms with Crippen LogP contribution in [0.3, 0.4) is 0 Å². The Balaban J connectivity index is 2.60. The van der Waals surface area contributed by atoms with Crippen molar-refractivity contribution in [2.45, 2.75) is 85.9 Å². The van der Waals surface area contributed by atoms with Gasteiger partial charge in [0.25, 0.3) is 0 Å². The first-order valence-electron chi connectivity index (χ1n) is 8.66. The molecule has 1 aliphatic carbocycles. The molecule has 1 aliphatic rings. The summed E-state index contributed by atoms with van der Waals surface area (Å²) in [5.41, 5.74) is 0. The average molecular weight is 297 g/mol. The first-order valence-corrected chi connectivity index (χ1v) is 8.66. The molecule has 3 atom stereocenters. The van der Waals surface area contributed by atoms with Crippen LogP contribution in [0.15, 0.2) is 0 Å². The number of ether oxygens (including phenoxy) is 1. The first kappa shape index (κ1) is 18.5. The van der Waals surface area contributed by atoms with Gasteiger partial charge in [-0.15, -0.1) is 0 Å². The van der Waals surface area contributed by atoms with Gasteiger partial charge in [-0.2, -0.15) is 0 Å². The molecule has 0 N–H and O–H groups in total. The third kappa shape index (κ3) is 5.28. The van der Waals surface area contributed by atoms with Crippen LogP contribution >= 0.6 is 0 Å². The van der Waals surface area contributed by atoms with Gasteiger partial charge in [-0.3, -0.25) is 4.79 Å². The third-order valence-corrected chi connectivity index (χ3v) is 4.78. The van der Waals surface area contributed by atoms with Crippen molar-refractivity contribution in [1.82, 2.24) is 4.90 Å². The molecule has 1 saturated carbocycles. The summed E-state index contributed by atoms with van der Waals surface area (Å²) in [5, 5.41) is 0. The second-order valence-corrected chi connectivity index (χ2v) is 7.66. The Morgan fingerprint density at radius 1 is 1.10 bits per heavy atom. The van der Waals surface area contributed by atoms with E-state index in [1.54, 1.807) is 0 Å². The van der Waals surface area contributed by atoms with Gasteiger partial charge >= 0.3 is 0 Å². The van der Waals surface area contributed by atoms with Crippen LogP contribution in [0.25, 0.3) is 0 Å². The van der Waals surface area contributed by atoms with Gasteiger partial charge in [0, 0.05) is 12.1 Å². The molecule has 0 aliphatic heterocycles. The summed E-state index contributed by atoms with van der Waals surface area (Å²) in [4.78, 5) is 14.4. The number of amides is 1. The highest BCUT2D eigenvalue weighted by Gasteiger charge is 2.32. The quantitative estimate of drug-likeness (QED) is 0.738. The highest BCUT2D eigenvalue weighted by molar-refractivity contribution is 5.78. The largest absolute Gasteiger partial charge is 0.368 e. The minimum absolute atomic E-state index is 0.126. The minimum Gasteiger partial charge on any atom is -0.368 e. The van der Waals surface area contributed by atoms with Crippen molar-refractivity contribution in [3.8, 4) is 0 Å². The number of nitrogens with zero attached hydrogens (tertiary/aromatic N) is 1. The van der Waals surface area contributed by atoms with E-state index in [2.05, 4.69) is 48.5 Å². The third-order valence-electron chi connectivity index (χ3n) is 4.78. The van der Waals surface area contributed by atoms with Gasteiger partial charge in [-0.25, -0.2) is 0 Å². The lowest BCUT2D eigenvalue weighted by Crippen LogP contribution is -2.45. The summed E-state index contributed by atoms with van der Waals surface area (Å²) in [6.07, 6.45) is 3.87. The molecule has 1 fully saturated rings. The molecule has 3 heteroatoms. The molecule has 0 unspecified atom stereocenters. The van der Waals surface area contributed by atoms with E-state index in [1.807, 2.05) is 4.90 Å². The van der Waals surface area contributed by atoms with Crippen LogP contribution in [0.4, 0.5) is 0 Å². The molecule has 0 aromatic carbocycles. The minimum atomic E-state index is 0.126. The number of carbonyl (C=O) groups is 1. The predicted octanol–water partition coefficient (Wildman–Crippen LogP) is 4.11. The molecular formula is C18H35NO2. The van der Waals surface area contributed by atoms with Gasteiger partial charge in [-0.05, 0) is 58.3 Å². The maximum absolute atomic E-state index is 12.4. The lowest BCUT2D eigenvalue weighted by Gasteiger charge is -2.38. The molecule has 1 amide bonds. The topological polar surface area (TPSA) is 29.5 Å². The monoisotopic (exact) mass is 297 g/mol. The summed E-state index contributed by atoms with van der Waals surface area (Å²) in [6, 6.07) is 0.458. The molecule has 0 spiro atoms. The molecular weight excluding hydrogens is 262 g/mol. The molecule has 21 heavy (non-hydrogen) atoms. The Morgan fingerprint density at radius 3 is 2.14 bits per heavy atom. The number of hydrogen-bond donors (Lipinski definition) is 0. The van der Waals surface area contributed by atoms with Gasteiger partial charge in [0.05, 0.1) is 6.10 Å². The fourth-order valence-electron chi connectivity index (χ4n) is 3.73. The van der Waals surface area contributed by atoms with E-state index in [9.17, 15) is 4.79 Å². The van der Waals surface area contributed by atoms with E-state index in [1.165, 1.54) is 12.8 Å². The van der Waals surface area contributed by atoms with Gasteiger partial charge in [0.1, 0.15) is 6.61 Å². The standard InChI is InChI=1S/C18H35NO2/c1-12(2)16-9-8-15(7)10-17(16)21-11-18(20)19(13(3)4)14(5)6/h12-17H,8-11H2,1-7H3/t15-,16+,17-/m1/s1. The van der Waals surface area contributed by atoms with E-state index >= 15 is 0 Å². The number of rotatable bonds is 6. The normalized spacial score (nSPS) is 26.7. The SMILES string of the molecule is CC(C)[C@@H]1CC[C@@H](C)C[C@H]1OCC(=O)N(C(C)C)C(C)C. The van der Waals surface area contributed by atoms with Crippen molar-refractivity contribution >= 4 is 5.91 Å². The van der Waals surface area contributed by atoms with Crippen molar-refractivity contribution < 1.29 is 9.53 Å². The van der Waals surface area contributed by atoms with E-state index in [0.29, 0.717) is 17.8 Å². The molecule has 0 aromatic rings.